The molecule has 0 bridgehead atoms. The molecule has 1 aliphatic heterocycles. The second kappa shape index (κ2) is 5.75. The van der Waals surface area contributed by atoms with Crippen molar-refractivity contribution in [3.05, 3.63) is 29.3 Å². The van der Waals surface area contributed by atoms with Crippen molar-refractivity contribution in [2.45, 2.75) is 25.9 Å². The molecule has 1 aromatic rings. The molecule has 1 atom stereocenters. The van der Waals surface area contributed by atoms with Gasteiger partial charge >= 0.3 is 6.18 Å². The van der Waals surface area contributed by atoms with Crippen molar-refractivity contribution < 1.29 is 22.8 Å². The van der Waals surface area contributed by atoms with Crippen molar-refractivity contribution in [2.24, 2.45) is 5.92 Å². The van der Waals surface area contributed by atoms with Crippen LogP contribution in [0.3, 0.4) is 0 Å². The summed E-state index contributed by atoms with van der Waals surface area (Å²) in [6.45, 7) is 1.83. The Hall–Kier alpha value is -2.05. The largest absolute Gasteiger partial charge is 0.416 e. The highest BCUT2D eigenvalue weighted by Gasteiger charge is 2.31. The summed E-state index contributed by atoms with van der Waals surface area (Å²) < 4.78 is 38.0. The Labute approximate surface area is 119 Å². The van der Waals surface area contributed by atoms with Gasteiger partial charge in [0.05, 0.1) is 11.5 Å². The van der Waals surface area contributed by atoms with E-state index in [0.29, 0.717) is 12.0 Å². The molecule has 2 rings (SSSR count). The van der Waals surface area contributed by atoms with Crippen molar-refractivity contribution in [3.8, 4) is 0 Å². The number of carbonyl (C=O) groups excluding carboxylic acids is 2. The van der Waals surface area contributed by atoms with E-state index in [1.807, 2.05) is 0 Å². The average molecular weight is 300 g/mol. The van der Waals surface area contributed by atoms with Gasteiger partial charge in [-0.2, -0.15) is 13.2 Å². The number of carbonyl (C=O) groups is 2. The van der Waals surface area contributed by atoms with Crippen molar-refractivity contribution in [3.63, 3.8) is 0 Å². The fraction of sp³-hybridized carbons (Fsp3) is 0.429. The van der Waals surface area contributed by atoms with E-state index >= 15 is 0 Å². The summed E-state index contributed by atoms with van der Waals surface area (Å²) in [5.74, 6) is -0.914. The van der Waals surface area contributed by atoms with Gasteiger partial charge in [-0.05, 0) is 31.0 Å². The van der Waals surface area contributed by atoms with Crippen LogP contribution in [0.4, 0.5) is 18.9 Å². The Morgan fingerprint density at radius 1 is 1.38 bits per heavy atom. The number of rotatable bonds is 2. The van der Waals surface area contributed by atoms with Crippen molar-refractivity contribution in [2.75, 3.05) is 11.9 Å². The zero-order valence-corrected chi connectivity index (χ0v) is 11.4. The number of amides is 2. The van der Waals surface area contributed by atoms with Gasteiger partial charge in [0.25, 0.3) is 0 Å². The van der Waals surface area contributed by atoms with Crippen LogP contribution < -0.4 is 10.6 Å². The van der Waals surface area contributed by atoms with Gasteiger partial charge in [-0.1, -0.05) is 6.07 Å². The zero-order valence-electron chi connectivity index (χ0n) is 11.4. The molecule has 1 aromatic carbocycles. The molecule has 1 heterocycles. The Bertz CT molecular complexity index is 560. The minimum atomic E-state index is -4.45. The SMILES string of the molecule is Cc1ccc(C(F)(F)F)cc1NC(=O)C1CCC(=O)NC1. The number of aryl methyl sites for hydroxylation is 1. The number of alkyl halides is 3. The molecule has 1 fully saturated rings. The number of nitrogens with one attached hydrogen (secondary N) is 2. The maximum absolute atomic E-state index is 12.7. The molecule has 7 heteroatoms. The minimum absolute atomic E-state index is 0.116. The number of benzene rings is 1. The average Bonchev–Trinajstić information content (AvgIpc) is 2.40. The van der Waals surface area contributed by atoms with E-state index in [4.69, 9.17) is 0 Å². The smallest absolute Gasteiger partial charge is 0.355 e. The molecule has 21 heavy (non-hydrogen) atoms. The maximum atomic E-state index is 12.7. The molecule has 0 saturated carbocycles. The number of hydrogen-bond donors (Lipinski definition) is 2. The predicted molar refractivity (Wildman–Crippen MR) is 70.5 cm³/mol. The van der Waals surface area contributed by atoms with Crippen LogP contribution in [0.2, 0.25) is 0 Å². The highest BCUT2D eigenvalue weighted by Crippen LogP contribution is 2.32. The summed E-state index contributed by atoms with van der Waals surface area (Å²) in [4.78, 5) is 23.1. The summed E-state index contributed by atoms with van der Waals surface area (Å²) in [6.07, 6.45) is -3.80. The number of anilines is 1. The Morgan fingerprint density at radius 2 is 2.10 bits per heavy atom. The summed E-state index contributed by atoms with van der Waals surface area (Å²) >= 11 is 0. The molecule has 1 saturated heterocycles. The molecule has 2 amide bonds. The van der Waals surface area contributed by atoms with E-state index in [9.17, 15) is 22.8 Å². The highest BCUT2D eigenvalue weighted by molar-refractivity contribution is 5.94. The van der Waals surface area contributed by atoms with Gasteiger partial charge < -0.3 is 10.6 Å². The Kier molecular flexibility index (Phi) is 4.20. The van der Waals surface area contributed by atoms with Crippen molar-refractivity contribution in [1.82, 2.24) is 5.32 Å². The van der Waals surface area contributed by atoms with Crippen LogP contribution in [0, 0.1) is 12.8 Å². The summed E-state index contributed by atoms with van der Waals surface area (Å²) in [5, 5.41) is 5.09. The van der Waals surface area contributed by atoms with Crippen LogP contribution in [-0.4, -0.2) is 18.4 Å². The number of hydrogen-bond acceptors (Lipinski definition) is 2. The zero-order chi connectivity index (χ0) is 15.6. The third-order valence-corrected chi connectivity index (χ3v) is 3.46. The Balaban J connectivity index is 2.11. The first-order chi connectivity index (χ1) is 9.77. The van der Waals surface area contributed by atoms with E-state index in [-0.39, 0.29) is 30.5 Å². The molecule has 114 valence electrons. The van der Waals surface area contributed by atoms with Crippen LogP contribution >= 0.6 is 0 Å². The molecular weight excluding hydrogens is 285 g/mol. The first-order valence-corrected chi connectivity index (χ1v) is 6.53. The second-order valence-corrected chi connectivity index (χ2v) is 5.06. The fourth-order valence-electron chi connectivity index (χ4n) is 2.12. The molecule has 0 radical (unpaired) electrons. The highest BCUT2D eigenvalue weighted by atomic mass is 19.4. The summed E-state index contributed by atoms with van der Waals surface area (Å²) in [7, 11) is 0. The van der Waals surface area contributed by atoms with Gasteiger partial charge in [0, 0.05) is 18.7 Å². The van der Waals surface area contributed by atoms with E-state index < -0.39 is 17.7 Å². The van der Waals surface area contributed by atoms with Gasteiger partial charge in [0.2, 0.25) is 11.8 Å². The summed E-state index contributed by atoms with van der Waals surface area (Å²) in [6, 6.07) is 3.22. The van der Waals surface area contributed by atoms with Gasteiger partial charge in [0.15, 0.2) is 0 Å². The predicted octanol–water partition coefficient (Wildman–Crippen LogP) is 2.48. The van der Waals surface area contributed by atoms with E-state index in [2.05, 4.69) is 10.6 Å². The van der Waals surface area contributed by atoms with Gasteiger partial charge in [-0.15, -0.1) is 0 Å². The molecule has 0 aromatic heterocycles. The van der Waals surface area contributed by atoms with Crippen LogP contribution in [0.25, 0.3) is 0 Å². The first-order valence-electron chi connectivity index (χ1n) is 6.53. The number of halogens is 3. The van der Waals surface area contributed by atoms with Gasteiger partial charge in [0.1, 0.15) is 0 Å². The summed E-state index contributed by atoms with van der Waals surface area (Å²) in [5.41, 5.74) is -0.108. The lowest BCUT2D eigenvalue weighted by Gasteiger charge is -2.22. The lowest BCUT2D eigenvalue weighted by atomic mass is 9.98. The monoisotopic (exact) mass is 300 g/mol. The molecule has 0 aliphatic carbocycles. The van der Waals surface area contributed by atoms with Crippen LogP contribution in [0.15, 0.2) is 18.2 Å². The lowest BCUT2D eigenvalue weighted by Crippen LogP contribution is -2.40. The van der Waals surface area contributed by atoms with Gasteiger partial charge in [-0.25, -0.2) is 0 Å². The third-order valence-electron chi connectivity index (χ3n) is 3.46. The quantitative estimate of drug-likeness (QED) is 0.881. The second-order valence-electron chi connectivity index (χ2n) is 5.06. The molecule has 1 aliphatic rings. The molecule has 2 N–H and O–H groups in total. The number of piperidine rings is 1. The lowest BCUT2D eigenvalue weighted by molar-refractivity contribution is -0.137. The van der Waals surface area contributed by atoms with E-state index in [0.717, 1.165) is 12.1 Å². The topological polar surface area (TPSA) is 58.2 Å². The van der Waals surface area contributed by atoms with Crippen molar-refractivity contribution in [1.29, 1.82) is 0 Å². The molecule has 0 spiro atoms. The fourth-order valence-corrected chi connectivity index (χ4v) is 2.12. The minimum Gasteiger partial charge on any atom is -0.355 e. The van der Waals surface area contributed by atoms with E-state index in [1.165, 1.54) is 6.07 Å². The Morgan fingerprint density at radius 3 is 2.67 bits per heavy atom. The maximum Gasteiger partial charge on any atom is 0.416 e. The first kappa shape index (κ1) is 15.3. The van der Waals surface area contributed by atoms with Crippen LogP contribution in [-0.2, 0) is 15.8 Å². The normalized spacial score (nSPS) is 19.0. The third kappa shape index (κ3) is 3.74. The standard InChI is InChI=1S/C14H15F3N2O2/c1-8-2-4-10(14(15,16)17)6-11(8)19-13(21)9-3-5-12(20)18-7-9/h2,4,6,9H,3,5,7H2,1H3,(H,18,20)(H,19,21). The van der Waals surface area contributed by atoms with Crippen LogP contribution in [0.5, 0.6) is 0 Å². The van der Waals surface area contributed by atoms with Crippen LogP contribution in [0.1, 0.15) is 24.0 Å². The molecule has 1 unspecified atom stereocenters. The van der Waals surface area contributed by atoms with E-state index in [1.54, 1.807) is 6.92 Å². The van der Waals surface area contributed by atoms with Gasteiger partial charge in [-0.3, -0.25) is 9.59 Å². The van der Waals surface area contributed by atoms with Crippen molar-refractivity contribution >= 4 is 17.5 Å². The molecular formula is C14H15F3N2O2. The molecule has 4 nitrogen and oxygen atoms in total.